The SMILES string of the molecule is CC(C)(CC(=O)O)C1CC1. The third kappa shape index (κ3) is 1.72. The molecule has 0 aromatic carbocycles. The maximum absolute atomic E-state index is 10.3. The molecule has 2 heteroatoms. The highest BCUT2D eigenvalue weighted by Gasteiger charge is 2.38. The van der Waals surface area contributed by atoms with Gasteiger partial charge in [-0.2, -0.15) is 0 Å². The summed E-state index contributed by atoms with van der Waals surface area (Å²) in [5.74, 6) is 0.000463. The van der Waals surface area contributed by atoms with E-state index in [1.54, 1.807) is 0 Å². The van der Waals surface area contributed by atoms with E-state index in [-0.39, 0.29) is 5.41 Å². The Kier molecular flexibility index (Phi) is 1.71. The molecule has 0 unspecified atom stereocenters. The standard InChI is InChI=1S/C8H14O2/c1-8(2,5-7(9)10)6-3-4-6/h6H,3-5H2,1-2H3,(H,9,10). The summed E-state index contributed by atoms with van der Waals surface area (Å²) in [6.07, 6.45) is 2.76. The van der Waals surface area contributed by atoms with Gasteiger partial charge in [-0.3, -0.25) is 4.79 Å². The lowest BCUT2D eigenvalue weighted by molar-refractivity contribution is -0.139. The van der Waals surface area contributed by atoms with Gasteiger partial charge in [0.1, 0.15) is 0 Å². The van der Waals surface area contributed by atoms with Gasteiger partial charge in [-0.15, -0.1) is 0 Å². The second-order valence-corrected chi connectivity index (χ2v) is 3.83. The van der Waals surface area contributed by atoms with Crippen LogP contribution in [0.4, 0.5) is 0 Å². The summed E-state index contributed by atoms with van der Waals surface area (Å²) in [7, 11) is 0. The number of carboxylic acids is 1. The van der Waals surface area contributed by atoms with E-state index in [1.165, 1.54) is 12.8 Å². The van der Waals surface area contributed by atoms with Gasteiger partial charge >= 0.3 is 5.97 Å². The molecule has 0 aromatic heterocycles. The van der Waals surface area contributed by atoms with E-state index in [2.05, 4.69) is 0 Å². The predicted octanol–water partition coefficient (Wildman–Crippen LogP) is 1.90. The Balaban J connectivity index is 2.41. The fourth-order valence-electron chi connectivity index (χ4n) is 1.40. The lowest BCUT2D eigenvalue weighted by Gasteiger charge is -2.21. The monoisotopic (exact) mass is 142 g/mol. The van der Waals surface area contributed by atoms with Crippen molar-refractivity contribution in [2.24, 2.45) is 11.3 Å². The van der Waals surface area contributed by atoms with Crippen LogP contribution in [0.1, 0.15) is 33.1 Å². The van der Waals surface area contributed by atoms with Crippen LogP contribution in [0.3, 0.4) is 0 Å². The van der Waals surface area contributed by atoms with Gasteiger partial charge in [0.2, 0.25) is 0 Å². The highest BCUT2D eigenvalue weighted by Crippen LogP contribution is 2.47. The fraction of sp³-hybridized carbons (Fsp3) is 0.875. The molecule has 0 aliphatic heterocycles. The summed E-state index contributed by atoms with van der Waals surface area (Å²) in [6, 6.07) is 0. The summed E-state index contributed by atoms with van der Waals surface area (Å²) in [4.78, 5) is 10.3. The van der Waals surface area contributed by atoms with Gasteiger partial charge in [0.15, 0.2) is 0 Å². The predicted molar refractivity (Wildman–Crippen MR) is 38.8 cm³/mol. The first-order valence-electron chi connectivity index (χ1n) is 3.74. The lowest BCUT2D eigenvalue weighted by atomic mass is 9.84. The number of aliphatic carboxylic acids is 1. The largest absolute Gasteiger partial charge is 0.481 e. The van der Waals surface area contributed by atoms with Crippen molar-refractivity contribution in [3.05, 3.63) is 0 Å². The van der Waals surface area contributed by atoms with Crippen LogP contribution in [0.25, 0.3) is 0 Å². The molecule has 1 saturated carbocycles. The van der Waals surface area contributed by atoms with Crippen molar-refractivity contribution in [3.8, 4) is 0 Å². The Morgan fingerprint density at radius 2 is 2.10 bits per heavy atom. The van der Waals surface area contributed by atoms with Crippen LogP contribution >= 0.6 is 0 Å². The van der Waals surface area contributed by atoms with Crippen LogP contribution in [0, 0.1) is 11.3 Å². The van der Waals surface area contributed by atoms with E-state index in [9.17, 15) is 4.79 Å². The summed E-state index contributed by atoms with van der Waals surface area (Å²) in [6.45, 7) is 4.08. The molecule has 1 aliphatic rings. The van der Waals surface area contributed by atoms with Gasteiger partial charge < -0.3 is 5.11 Å². The van der Waals surface area contributed by atoms with Gasteiger partial charge in [0.25, 0.3) is 0 Å². The number of carboxylic acid groups (broad SMARTS) is 1. The molecule has 0 atom stereocenters. The smallest absolute Gasteiger partial charge is 0.303 e. The minimum Gasteiger partial charge on any atom is -0.481 e. The molecule has 0 saturated heterocycles. The molecule has 1 fully saturated rings. The van der Waals surface area contributed by atoms with E-state index in [0.717, 1.165) is 0 Å². The van der Waals surface area contributed by atoms with Crippen LogP contribution in [-0.4, -0.2) is 11.1 Å². The summed E-state index contributed by atoms with van der Waals surface area (Å²) >= 11 is 0. The summed E-state index contributed by atoms with van der Waals surface area (Å²) < 4.78 is 0. The molecule has 0 aromatic rings. The normalized spacial score (nSPS) is 19.0. The topological polar surface area (TPSA) is 37.3 Å². The summed E-state index contributed by atoms with van der Waals surface area (Å²) in [5.41, 5.74) is 0.0336. The average Bonchev–Trinajstić information content (AvgIpc) is 2.35. The minimum absolute atomic E-state index is 0.0336. The molecule has 58 valence electrons. The van der Waals surface area contributed by atoms with Crippen molar-refractivity contribution in [1.82, 2.24) is 0 Å². The zero-order valence-corrected chi connectivity index (χ0v) is 6.55. The van der Waals surface area contributed by atoms with Gasteiger partial charge in [-0.05, 0) is 24.2 Å². The Morgan fingerprint density at radius 3 is 2.40 bits per heavy atom. The van der Waals surface area contributed by atoms with Crippen molar-refractivity contribution >= 4 is 5.97 Å². The zero-order valence-electron chi connectivity index (χ0n) is 6.55. The Bertz CT molecular complexity index is 145. The maximum atomic E-state index is 10.3. The third-order valence-corrected chi connectivity index (χ3v) is 2.29. The number of carbonyl (C=O) groups is 1. The second-order valence-electron chi connectivity index (χ2n) is 3.83. The molecule has 0 bridgehead atoms. The molecule has 0 spiro atoms. The number of hydrogen-bond donors (Lipinski definition) is 1. The Morgan fingerprint density at radius 1 is 1.60 bits per heavy atom. The summed E-state index contributed by atoms with van der Waals surface area (Å²) in [5, 5.41) is 8.53. The zero-order chi connectivity index (χ0) is 7.78. The van der Waals surface area contributed by atoms with E-state index in [4.69, 9.17) is 5.11 Å². The van der Waals surface area contributed by atoms with E-state index in [1.807, 2.05) is 13.8 Å². The van der Waals surface area contributed by atoms with E-state index >= 15 is 0 Å². The minimum atomic E-state index is -0.670. The van der Waals surface area contributed by atoms with Crippen molar-refractivity contribution < 1.29 is 9.90 Å². The second kappa shape index (κ2) is 2.26. The molecule has 1 N–H and O–H groups in total. The van der Waals surface area contributed by atoms with Gasteiger partial charge in [0.05, 0.1) is 6.42 Å². The average molecular weight is 142 g/mol. The van der Waals surface area contributed by atoms with Crippen molar-refractivity contribution in [2.45, 2.75) is 33.1 Å². The van der Waals surface area contributed by atoms with Gasteiger partial charge in [0, 0.05) is 0 Å². The molecule has 2 nitrogen and oxygen atoms in total. The Hall–Kier alpha value is -0.530. The molecular formula is C8H14O2. The van der Waals surface area contributed by atoms with Crippen LogP contribution in [0.5, 0.6) is 0 Å². The van der Waals surface area contributed by atoms with Gasteiger partial charge in [-0.1, -0.05) is 13.8 Å². The highest BCUT2D eigenvalue weighted by molar-refractivity contribution is 5.67. The molecular weight excluding hydrogens is 128 g/mol. The van der Waals surface area contributed by atoms with Crippen LogP contribution < -0.4 is 0 Å². The molecule has 0 heterocycles. The fourth-order valence-corrected chi connectivity index (χ4v) is 1.40. The molecule has 1 aliphatic carbocycles. The Labute approximate surface area is 61.2 Å². The number of rotatable bonds is 3. The van der Waals surface area contributed by atoms with Crippen LogP contribution in [0.15, 0.2) is 0 Å². The maximum Gasteiger partial charge on any atom is 0.303 e. The first-order valence-corrected chi connectivity index (χ1v) is 3.74. The van der Waals surface area contributed by atoms with E-state index < -0.39 is 5.97 Å². The molecule has 0 amide bonds. The van der Waals surface area contributed by atoms with Crippen LogP contribution in [0.2, 0.25) is 0 Å². The van der Waals surface area contributed by atoms with Crippen molar-refractivity contribution in [3.63, 3.8) is 0 Å². The van der Waals surface area contributed by atoms with Crippen LogP contribution in [-0.2, 0) is 4.79 Å². The first-order chi connectivity index (χ1) is 4.52. The molecule has 10 heavy (non-hydrogen) atoms. The van der Waals surface area contributed by atoms with Crippen molar-refractivity contribution in [2.75, 3.05) is 0 Å². The molecule has 0 radical (unpaired) electrons. The first kappa shape index (κ1) is 7.58. The highest BCUT2D eigenvalue weighted by atomic mass is 16.4. The van der Waals surface area contributed by atoms with Gasteiger partial charge in [-0.25, -0.2) is 0 Å². The third-order valence-electron chi connectivity index (χ3n) is 2.29. The lowest BCUT2D eigenvalue weighted by Crippen LogP contribution is -2.18. The van der Waals surface area contributed by atoms with Crippen molar-refractivity contribution in [1.29, 1.82) is 0 Å². The van der Waals surface area contributed by atoms with E-state index in [0.29, 0.717) is 12.3 Å². The quantitative estimate of drug-likeness (QED) is 0.653. The number of hydrogen-bond acceptors (Lipinski definition) is 1. The molecule has 1 rings (SSSR count).